The molecule has 0 radical (unpaired) electrons. The van der Waals surface area contributed by atoms with Gasteiger partial charge in [0.1, 0.15) is 11.6 Å². The van der Waals surface area contributed by atoms with Crippen molar-refractivity contribution < 1.29 is 0 Å². The van der Waals surface area contributed by atoms with Gasteiger partial charge in [0.15, 0.2) is 0 Å². The average molecular weight is 264 g/mol. The number of halogens is 1. The molecular weight excluding hydrogens is 250 g/mol. The predicted octanol–water partition coefficient (Wildman–Crippen LogP) is 2.51. The quantitative estimate of drug-likeness (QED) is 0.799. The van der Waals surface area contributed by atoms with Crippen LogP contribution in [0.25, 0.3) is 0 Å². The van der Waals surface area contributed by atoms with E-state index in [0.29, 0.717) is 5.92 Å². The normalized spacial score (nSPS) is 14.8. The Morgan fingerprint density at radius 2 is 2.22 bits per heavy atom. The van der Waals surface area contributed by atoms with Crippen LogP contribution in [-0.2, 0) is 7.05 Å². The molecule has 94 valence electrons. The lowest BCUT2D eigenvalue weighted by Crippen LogP contribution is -2.15. The van der Waals surface area contributed by atoms with E-state index in [4.69, 9.17) is 11.6 Å². The molecule has 1 aliphatic rings. The van der Waals surface area contributed by atoms with Crippen molar-refractivity contribution in [3.8, 4) is 0 Å². The van der Waals surface area contributed by atoms with Crippen LogP contribution in [0, 0.1) is 0 Å². The molecule has 0 N–H and O–H groups in total. The Morgan fingerprint density at radius 3 is 2.89 bits per heavy atom. The van der Waals surface area contributed by atoms with Crippen molar-refractivity contribution in [1.82, 2.24) is 19.7 Å². The number of rotatable bonds is 3. The molecule has 0 atom stereocenters. The van der Waals surface area contributed by atoms with Crippen LogP contribution in [0.4, 0.5) is 11.6 Å². The first kappa shape index (κ1) is 11.5. The van der Waals surface area contributed by atoms with Gasteiger partial charge < -0.3 is 4.90 Å². The lowest BCUT2D eigenvalue weighted by molar-refractivity contribution is 0.737. The van der Waals surface area contributed by atoms with Crippen molar-refractivity contribution >= 4 is 23.2 Å². The Labute approximate surface area is 110 Å². The van der Waals surface area contributed by atoms with Crippen LogP contribution < -0.4 is 4.90 Å². The minimum Gasteiger partial charge on any atom is -0.314 e. The zero-order chi connectivity index (χ0) is 12.7. The van der Waals surface area contributed by atoms with E-state index < -0.39 is 0 Å². The zero-order valence-corrected chi connectivity index (χ0v) is 11.1. The molecule has 6 heteroatoms. The van der Waals surface area contributed by atoms with Crippen molar-refractivity contribution in [3.05, 3.63) is 29.3 Å². The molecule has 1 fully saturated rings. The molecule has 0 saturated heterocycles. The van der Waals surface area contributed by atoms with E-state index in [2.05, 4.69) is 21.1 Å². The molecule has 18 heavy (non-hydrogen) atoms. The zero-order valence-electron chi connectivity index (χ0n) is 10.3. The molecule has 0 amide bonds. The van der Waals surface area contributed by atoms with Crippen LogP contribution in [-0.4, -0.2) is 26.8 Å². The number of anilines is 2. The van der Waals surface area contributed by atoms with Gasteiger partial charge in [-0.15, -0.1) is 0 Å². The first-order valence-electron chi connectivity index (χ1n) is 5.91. The summed E-state index contributed by atoms with van der Waals surface area (Å²) in [5.41, 5.74) is 1.17. The lowest BCUT2D eigenvalue weighted by Gasteiger charge is -2.17. The van der Waals surface area contributed by atoms with Gasteiger partial charge in [0.05, 0.1) is 5.69 Å². The fourth-order valence-corrected chi connectivity index (χ4v) is 2.14. The highest BCUT2D eigenvalue weighted by Gasteiger charge is 2.27. The molecule has 2 heterocycles. The molecule has 0 bridgehead atoms. The van der Waals surface area contributed by atoms with E-state index in [-0.39, 0.29) is 5.28 Å². The minimum absolute atomic E-state index is 0.254. The van der Waals surface area contributed by atoms with Crippen LogP contribution >= 0.6 is 11.6 Å². The summed E-state index contributed by atoms with van der Waals surface area (Å²) < 4.78 is 1.88. The molecular formula is C12H14ClN5. The van der Waals surface area contributed by atoms with Gasteiger partial charge in [-0.25, -0.2) is 9.97 Å². The van der Waals surface area contributed by atoms with E-state index in [1.54, 1.807) is 6.20 Å². The fraction of sp³-hybridized carbons (Fsp3) is 0.417. The third-order valence-corrected chi connectivity index (χ3v) is 3.35. The first-order valence-corrected chi connectivity index (χ1v) is 6.29. The molecule has 0 unspecified atom stereocenters. The van der Waals surface area contributed by atoms with E-state index in [1.807, 2.05) is 29.7 Å². The van der Waals surface area contributed by atoms with Crippen LogP contribution in [0.1, 0.15) is 24.5 Å². The Morgan fingerprint density at radius 1 is 1.44 bits per heavy atom. The monoisotopic (exact) mass is 263 g/mol. The fourth-order valence-electron chi connectivity index (χ4n) is 2.00. The van der Waals surface area contributed by atoms with Crippen molar-refractivity contribution in [2.45, 2.75) is 18.8 Å². The van der Waals surface area contributed by atoms with Gasteiger partial charge in [0.25, 0.3) is 0 Å². The Bertz CT molecular complexity index is 576. The van der Waals surface area contributed by atoms with Crippen LogP contribution in [0.15, 0.2) is 18.3 Å². The van der Waals surface area contributed by atoms with Crippen molar-refractivity contribution in [2.75, 3.05) is 11.9 Å². The molecule has 3 rings (SSSR count). The second kappa shape index (κ2) is 4.24. The van der Waals surface area contributed by atoms with Crippen LogP contribution in [0.3, 0.4) is 0 Å². The second-order valence-electron chi connectivity index (χ2n) is 4.57. The third kappa shape index (κ3) is 2.06. The second-order valence-corrected chi connectivity index (χ2v) is 4.91. The highest BCUT2D eigenvalue weighted by atomic mass is 35.5. The highest BCUT2D eigenvalue weighted by Crippen LogP contribution is 2.40. The summed E-state index contributed by atoms with van der Waals surface area (Å²) in [5.74, 6) is 2.42. The van der Waals surface area contributed by atoms with Gasteiger partial charge in [-0.2, -0.15) is 5.10 Å². The minimum atomic E-state index is 0.254. The third-order valence-electron chi connectivity index (χ3n) is 3.17. The molecule has 0 spiro atoms. The van der Waals surface area contributed by atoms with Gasteiger partial charge in [-0.05, 0) is 30.5 Å². The smallest absolute Gasteiger partial charge is 0.224 e. The lowest BCUT2D eigenvalue weighted by atomic mass is 10.3. The summed E-state index contributed by atoms with van der Waals surface area (Å²) in [6.07, 6.45) is 4.15. The molecule has 0 aromatic carbocycles. The van der Waals surface area contributed by atoms with Crippen LogP contribution in [0.2, 0.25) is 5.28 Å². The van der Waals surface area contributed by atoms with Gasteiger partial charge in [-0.1, -0.05) is 0 Å². The SMILES string of the molecule is CN(c1ccnc(Cl)n1)c1cc(C2CC2)nn1C. The number of nitrogens with zero attached hydrogens (tertiary/aromatic N) is 5. The summed E-state index contributed by atoms with van der Waals surface area (Å²) in [6, 6.07) is 3.95. The Balaban J connectivity index is 1.93. The van der Waals surface area contributed by atoms with E-state index in [0.717, 1.165) is 11.6 Å². The molecule has 1 saturated carbocycles. The van der Waals surface area contributed by atoms with E-state index in [9.17, 15) is 0 Å². The average Bonchev–Trinajstić information content (AvgIpc) is 3.12. The molecule has 0 aliphatic heterocycles. The summed E-state index contributed by atoms with van der Waals surface area (Å²) in [6.45, 7) is 0. The van der Waals surface area contributed by atoms with Crippen LogP contribution in [0.5, 0.6) is 0 Å². The Hall–Kier alpha value is -1.62. The maximum atomic E-state index is 5.81. The van der Waals surface area contributed by atoms with E-state index >= 15 is 0 Å². The molecule has 2 aromatic heterocycles. The maximum Gasteiger partial charge on any atom is 0.224 e. The molecule has 1 aliphatic carbocycles. The summed E-state index contributed by atoms with van der Waals surface area (Å²) in [5, 5.41) is 4.79. The molecule has 2 aromatic rings. The van der Waals surface area contributed by atoms with E-state index in [1.165, 1.54) is 18.5 Å². The van der Waals surface area contributed by atoms with Crippen molar-refractivity contribution in [1.29, 1.82) is 0 Å². The number of hydrogen-bond acceptors (Lipinski definition) is 4. The topological polar surface area (TPSA) is 46.8 Å². The number of aryl methyl sites for hydroxylation is 1. The summed E-state index contributed by atoms with van der Waals surface area (Å²) in [4.78, 5) is 10.1. The van der Waals surface area contributed by atoms with Crippen molar-refractivity contribution in [3.63, 3.8) is 0 Å². The van der Waals surface area contributed by atoms with Gasteiger partial charge in [0.2, 0.25) is 5.28 Å². The number of aromatic nitrogens is 4. The predicted molar refractivity (Wildman–Crippen MR) is 70.3 cm³/mol. The Kier molecular flexibility index (Phi) is 2.70. The first-order chi connectivity index (χ1) is 8.65. The highest BCUT2D eigenvalue weighted by molar-refractivity contribution is 6.28. The molecule has 5 nitrogen and oxygen atoms in total. The summed E-state index contributed by atoms with van der Waals surface area (Å²) >= 11 is 5.81. The largest absolute Gasteiger partial charge is 0.314 e. The van der Waals surface area contributed by atoms with Gasteiger partial charge in [0, 0.05) is 32.3 Å². The summed E-state index contributed by atoms with van der Waals surface area (Å²) in [7, 11) is 3.90. The standard InChI is InChI=1S/C12H14ClN5/c1-17(10-5-6-14-12(13)15-10)11-7-9(8-3-4-8)16-18(11)2/h5-8H,3-4H2,1-2H3. The number of hydrogen-bond donors (Lipinski definition) is 0. The maximum absolute atomic E-state index is 5.81. The van der Waals surface area contributed by atoms with Crippen molar-refractivity contribution in [2.24, 2.45) is 7.05 Å². The van der Waals surface area contributed by atoms with Gasteiger partial charge in [-0.3, -0.25) is 4.68 Å². The van der Waals surface area contributed by atoms with Gasteiger partial charge >= 0.3 is 0 Å².